The lowest BCUT2D eigenvalue weighted by Crippen LogP contribution is -1.85. The van der Waals surface area contributed by atoms with Crippen molar-refractivity contribution < 1.29 is 8.91 Å². The SMILES string of the molecule is Cc1nc(N)sc1-c1nc(-c2cc(F)ccc2Br)no1. The lowest BCUT2D eigenvalue weighted by molar-refractivity contribution is 0.433. The molecular weight excluding hydrogens is 347 g/mol. The number of nitrogen functional groups attached to an aromatic ring is 1. The van der Waals surface area contributed by atoms with Crippen molar-refractivity contribution in [1.29, 1.82) is 0 Å². The highest BCUT2D eigenvalue weighted by Gasteiger charge is 2.17. The van der Waals surface area contributed by atoms with Gasteiger partial charge in [-0.05, 0) is 25.1 Å². The number of nitrogens with two attached hydrogens (primary N) is 1. The molecule has 0 bridgehead atoms. The van der Waals surface area contributed by atoms with Crippen molar-refractivity contribution in [3.8, 4) is 22.2 Å². The lowest BCUT2D eigenvalue weighted by atomic mass is 10.2. The van der Waals surface area contributed by atoms with Crippen LogP contribution in [0.25, 0.3) is 22.2 Å². The van der Waals surface area contributed by atoms with Crippen LogP contribution in [0.1, 0.15) is 5.69 Å². The van der Waals surface area contributed by atoms with Gasteiger partial charge in [-0.2, -0.15) is 4.98 Å². The number of anilines is 1. The maximum Gasteiger partial charge on any atom is 0.270 e. The smallest absolute Gasteiger partial charge is 0.270 e. The van der Waals surface area contributed by atoms with E-state index < -0.39 is 0 Å². The molecule has 0 aliphatic carbocycles. The molecule has 2 N–H and O–H groups in total. The molecule has 8 heteroatoms. The number of rotatable bonds is 2. The van der Waals surface area contributed by atoms with Crippen LogP contribution >= 0.6 is 27.3 Å². The van der Waals surface area contributed by atoms with Crippen molar-refractivity contribution in [2.24, 2.45) is 0 Å². The van der Waals surface area contributed by atoms with Gasteiger partial charge in [-0.15, -0.1) is 0 Å². The molecule has 102 valence electrons. The molecule has 0 aliphatic heterocycles. The summed E-state index contributed by atoms with van der Waals surface area (Å²) in [5, 5.41) is 4.30. The van der Waals surface area contributed by atoms with Gasteiger partial charge in [0.05, 0.1) is 5.69 Å². The van der Waals surface area contributed by atoms with Crippen molar-refractivity contribution in [1.82, 2.24) is 15.1 Å². The summed E-state index contributed by atoms with van der Waals surface area (Å²) < 4.78 is 19.2. The molecule has 0 fully saturated rings. The van der Waals surface area contributed by atoms with Crippen LogP contribution in [0.5, 0.6) is 0 Å². The van der Waals surface area contributed by atoms with Crippen molar-refractivity contribution in [3.05, 3.63) is 34.2 Å². The van der Waals surface area contributed by atoms with Gasteiger partial charge in [-0.25, -0.2) is 9.37 Å². The van der Waals surface area contributed by atoms with Crippen LogP contribution in [0.2, 0.25) is 0 Å². The predicted molar refractivity (Wildman–Crippen MR) is 77.6 cm³/mol. The minimum Gasteiger partial charge on any atom is -0.375 e. The van der Waals surface area contributed by atoms with E-state index in [4.69, 9.17) is 10.3 Å². The van der Waals surface area contributed by atoms with Crippen LogP contribution in [0.4, 0.5) is 9.52 Å². The fourth-order valence-corrected chi connectivity index (χ4v) is 2.89. The standard InChI is InChI=1S/C12H8BrFN4OS/c1-5-9(20-12(15)16-5)11-17-10(18-19-11)7-4-6(14)2-3-8(7)13/h2-4H,1H3,(H2,15,16). The van der Waals surface area contributed by atoms with Gasteiger partial charge in [-0.3, -0.25) is 0 Å². The number of nitrogens with zero attached hydrogens (tertiary/aromatic N) is 3. The largest absolute Gasteiger partial charge is 0.375 e. The first kappa shape index (κ1) is 13.2. The first-order valence-electron chi connectivity index (χ1n) is 5.57. The molecule has 2 heterocycles. The molecule has 0 atom stereocenters. The fraction of sp³-hybridized carbons (Fsp3) is 0.0833. The summed E-state index contributed by atoms with van der Waals surface area (Å²) in [6, 6.07) is 4.28. The Balaban J connectivity index is 2.06. The molecule has 0 unspecified atom stereocenters. The summed E-state index contributed by atoms with van der Waals surface area (Å²) in [5.41, 5.74) is 6.89. The second-order valence-corrected chi connectivity index (χ2v) is 5.90. The first-order chi connectivity index (χ1) is 9.54. The van der Waals surface area contributed by atoms with E-state index in [0.29, 0.717) is 31.8 Å². The molecule has 5 nitrogen and oxygen atoms in total. The lowest BCUT2D eigenvalue weighted by Gasteiger charge is -1.98. The normalized spacial score (nSPS) is 10.9. The second-order valence-electron chi connectivity index (χ2n) is 4.01. The Kier molecular flexibility index (Phi) is 3.27. The number of thiazole rings is 1. The Morgan fingerprint density at radius 1 is 1.35 bits per heavy atom. The quantitative estimate of drug-likeness (QED) is 0.759. The zero-order chi connectivity index (χ0) is 14.3. The molecule has 2 aromatic heterocycles. The van der Waals surface area contributed by atoms with Gasteiger partial charge in [0, 0.05) is 10.0 Å². The second kappa shape index (κ2) is 4.95. The molecule has 0 aliphatic rings. The van der Waals surface area contributed by atoms with E-state index in [1.165, 1.54) is 23.5 Å². The highest BCUT2D eigenvalue weighted by atomic mass is 79.9. The van der Waals surface area contributed by atoms with Gasteiger partial charge in [0.2, 0.25) is 5.82 Å². The average molecular weight is 355 g/mol. The minimum absolute atomic E-state index is 0.303. The highest BCUT2D eigenvalue weighted by Crippen LogP contribution is 2.33. The zero-order valence-electron chi connectivity index (χ0n) is 10.2. The third-order valence-corrected chi connectivity index (χ3v) is 4.27. The van der Waals surface area contributed by atoms with Crippen molar-refractivity contribution in [2.75, 3.05) is 5.73 Å². The highest BCUT2D eigenvalue weighted by molar-refractivity contribution is 9.10. The van der Waals surface area contributed by atoms with E-state index in [2.05, 4.69) is 31.1 Å². The number of halogens is 2. The Morgan fingerprint density at radius 3 is 2.85 bits per heavy atom. The van der Waals surface area contributed by atoms with Crippen LogP contribution in [0, 0.1) is 12.7 Å². The molecular formula is C12H8BrFN4OS. The van der Waals surface area contributed by atoms with Crippen molar-refractivity contribution in [3.63, 3.8) is 0 Å². The molecule has 0 saturated heterocycles. The number of aryl methyl sites for hydroxylation is 1. The monoisotopic (exact) mass is 354 g/mol. The van der Waals surface area contributed by atoms with Gasteiger partial charge in [0.15, 0.2) is 5.13 Å². The predicted octanol–water partition coefficient (Wildman–Crippen LogP) is 3.65. The van der Waals surface area contributed by atoms with Crippen LogP contribution in [0.3, 0.4) is 0 Å². The Bertz CT molecular complexity index is 786. The fourth-order valence-electron chi connectivity index (χ4n) is 1.71. The summed E-state index contributed by atoms with van der Waals surface area (Å²) >= 11 is 4.60. The Labute approximate surface area is 125 Å². The molecule has 0 radical (unpaired) electrons. The van der Waals surface area contributed by atoms with Crippen molar-refractivity contribution >= 4 is 32.4 Å². The number of aromatic nitrogens is 3. The van der Waals surface area contributed by atoms with E-state index in [9.17, 15) is 4.39 Å². The minimum atomic E-state index is -0.368. The zero-order valence-corrected chi connectivity index (χ0v) is 12.6. The maximum atomic E-state index is 13.3. The molecule has 3 aromatic rings. The maximum absolute atomic E-state index is 13.3. The van der Waals surface area contributed by atoms with E-state index in [-0.39, 0.29) is 5.82 Å². The van der Waals surface area contributed by atoms with Gasteiger partial charge in [0.1, 0.15) is 10.7 Å². The van der Waals surface area contributed by atoms with Crippen LogP contribution < -0.4 is 5.73 Å². The summed E-state index contributed by atoms with van der Waals surface area (Å²) in [6.45, 7) is 1.81. The van der Waals surface area contributed by atoms with E-state index in [0.717, 1.165) is 5.69 Å². The molecule has 0 amide bonds. The number of benzene rings is 1. The summed E-state index contributed by atoms with van der Waals surface area (Å²) in [4.78, 5) is 9.08. The third-order valence-electron chi connectivity index (χ3n) is 2.60. The third kappa shape index (κ3) is 2.32. The van der Waals surface area contributed by atoms with Gasteiger partial charge < -0.3 is 10.3 Å². The topological polar surface area (TPSA) is 77.8 Å². The number of hydrogen-bond acceptors (Lipinski definition) is 6. The summed E-state index contributed by atoms with van der Waals surface area (Å²) in [5.74, 6) is 0.258. The Hall–Kier alpha value is -1.80. The van der Waals surface area contributed by atoms with Crippen molar-refractivity contribution in [2.45, 2.75) is 6.92 Å². The van der Waals surface area contributed by atoms with Crippen LogP contribution in [-0.2, 0) is 0 Å². The van der Waals surface area contributed by atoms with Crippen LogP contribution in [-0.4, -0.2) is 15.1 Å². The summed E-state index contributed by atoms with van der Waals surface area (Å²) in [6.07, 6.45) is 0. The molecule has 1 aromatic carbocycles. The first-order valence-corrected chi connectivity index (χ1v) is 7.18. The molecule has 0 saturated carbocycles. The van der Waals surface area contributed by atoms with Crippen LogP contribution in [0.15, 0.2) is 27.2 Å². The van der Waals surface area contributed by atoms with Gasteiger partial charge in [-0.1, -0.05) is 32.4 Å². The summed E-state index contributed by atoms with van der Waals surface area (Å²) in [7, 11) is 0. The van der Waals surface area contributed by atoms with Gasteiger partial charge >= 0.3 is 0 Å². The Morgan fingerprint density at radius 2 is 2.15 bits per heavy atom. The van der Waals surface area contributed by atoms with E-state index in [1.54, 1.807) is 6.07 Å². The molecule has 20 heavy (non-hydrogen) atoms. The molecule has 0 spiro atoms. The number of hydrogen-bond donors (Lipinski definition) is 1. The average Bonchev–Trinajstić information content (AvgIpc) is 2.99. The molecule has 3 rings (SSSR count). The van der Waals surface area contributed by atoms with Gasteiger partial charge in [0.25, 0.3) is 5.89 Å². The van der Waals surface area contributed by atoms with E-state index in [1.807, 2.05) is 6.92 Å². The van der Waals surface area contributed by atoms with E-state index >= 15 is 0 Å².